The molecule has 0 heterocycles. The highest BCUT2D eigenvalue weighted by Gasteiger charge is 2.51. The Kier molecular flexibility index (Phi) is 3.16. The summed E-state index contributed by atoms with van der Waals surface area (Å²) in [5.74, 6) is 0.972. The van der Waals surface area contributed by atoms with Crippen LogP contribution >= 0.6 is 0 Å². The zero-order chi connectivity index (χ0) is 12.8. The fourth-order valence-corrected chi connectivity index (χ4v) is 3.67. The van der Waals surface area contributed by atoms with Crippen molar-refractivity contribution in [3.8, 4) is 0 Å². The Hall–Kier alpha value is -0.340. The maximum atomic E-state index is 10.6. The molecule has 0 bridgehead atoms. The summed E-state index contributed by atoms with van der Waals surface area (Å²) in [5.41, 5.74) is 0.148. The molecular weight excluding hydrogens is 212 g/mol. The molecule has 2 N–H and O–H groups in total. The minimum atomic E-state index is -0.651. The van der Waals surface area contributed by atoms with Crippen LogP contribution in [0.15, 0.2) is 11.6 Å². The third-order valence-electron chi connectivity index (χ3n) is 5.02. The van der Waals surface area contributed by atoms with Crippen LogP contribution in [0.4, 0.5) is 0 Å². The van der Waals surface area contributed by atoms with Crippen molar-refractivity contribution >= 4 is 0 Å². The first-order valence-electron chi connectivity index (χ1n) is 6.88. The molecule has 4 unspecified atom stereocenters. The fourth-order valence-electron chi connectivity index (χ4n) is 3.67. The van der Waals surface area contributed by atoms with E-state index in [4.69, 9.17) is 0 Å². The summed E-state index contributed by atoms with van der Waals surface area (Å²) in [6, 6.07) is 0. The predicted octanol–water partition coefficient (Wildman–Crippen LogP) is 2.89. The van der Waals surface area contributed by atoms with E-state index in [-0.39, 0.29) is 11.8 Å². The summed E-state index contributed by atoms with van der Waals surface area (Å²) in [7, 11) is 0. The first-order valence-corrected chi connectivity index (χ1v) is 6.88. The summed E-state index contributed by atoms with van der Waals surface area (Å²) in [6.07, 6.45) is 5.66. The summed E-state index contributed by atoms with van der Waals surface area (Å²) >= 11 is 0. The van der Waals surface area contributed by atoms with Crippen molar-refractivity contribution in [2.45, 2.75) is 64.6 Å². The van der Waals surface area contributed by atoms with E-state index in [0.717, 1.165) is 25.7 Å². The van der Waals surface area contributed by atoms with Gasteiger partial charge in [-0.1, -0.05) is 25.5 Å². The number of aliphatic hydroxyl groups is 2. The molecule has 0 amide bonds. The van der Waals surface area contributed by atoms with Crippen molar-refractivity contribution < 1.29 is 10.2 Å². The molecule has 2 nitrogen and oxygen atoms in total. The molecule has 1 saturated carbocycles. The summed E-state index contributed by atoms with van der Waals surface area (Å²) < 4.78 is 0. The molecule has 2 aliphatic rings. The van der Waals surface area contributed by atoms with E-state index in [9.17, 15) is 10.2 Å². The van der Waals surface area contributed by atoms with Crippen LogP contribution in [0.5, 0.6) is 0 Å². The summed E-state index contributed by atoms with van der Waals surface area (Å²) in [4.78, 5) is 0. The van der Waals surface area contributed by atoms with Crippen LogP contribution in [0.25, 0.3) is 0 Å². The molecule has 0 aromatic carbocycles. The van der Waals surface area contributed by atoms with Crippen LogP contribution < -0.4 is 0 Å². The average Bonchev–Trinajstić information content (AvgIpc) is 2.39. The molecule has 4 atom stereocenters. The quantitative estimate of drug-likeness (QED) is 0.690. The molecule has 0 saturated heterocycles. The second-order valence-corrected chi connectivity index (χ2v) is 6.81. The topological polar surface area (TPSA) is 40.5 Å². The Morgan fingerprint density at radius 1 is 1.18 bits per heavy atom. The van der Waals surface area contributed by atoms with Crippen molar-refractivity contribution in [3.05, 3.63) is 11.6 Å². The lowest BCUT2D eigenvalue weighted by atomic mass is 9.75. The molecule has 98 valence electrons. The van der Waals surface area contributed by atoms with E-state index in [1.54, 1.807) is 0 Å². The summed E-state index contributed by atoms with van der Waals surface area (Å²) in [6.45, 7) is 8.28. The van der Waals surface area contributed by atoms with E-state index < -0.39 is 11.2 Å². The normalized spacial score (nSPS) is 46.6. The van der Waals surface area contributed by atoms with E-state index in [1.807, 2.05) is 13.8 Å². The van der Waals surface area contributed by atoms with Gasteiger partial charge in [0.05, 0.1) is 11.2 Å². The lowest BCUT2D eigenvalue weighted by Crippen LogP contribution is -2.41. The van der Waals surface area contributed by atoms with Gasteiger partial charge in [-0.2, -0.15) is 0 Å². The molecule has 2 heteroatoms. The van der Waals surface area contributed by atoms with Crippen molar-refractivity contribution in [1.82, 2.24) is 0 Å². The molecule has 0 aliphatic heterocycles. The van der Waals surface area contributed by atoms with Gasteiger partial charge in [-0.25, -0.2) is 0 Å². The Morgan fingerprint density at radius 2 is 1.82 bits per heavy atom. The molecule has 2 aliphatic carbocycles. The highest BCUT2D eigenvalue weighted by Crippen LogP contribution is 2.51. The third-order valence-corrected chi connectivity index (χ3v) is 5.02. The van der Waals surface area contributed by atoms with Gasteiger partial charge < -0.3 is 10.2 Å². The molecule has 17 heavy (non-hydrogen) atoms. The van der Waals surface area contributed by atoms with Gasteiger partial charge in [0.1, 0.15) is 0 Å². The molecule has 2 rings (SSSR count). The van der Waals surface area contributed by atoms with E-state index in [2.05, 4.69) is 19.9 Å². The van der Waals surface area contributed by atoms with Crippen molar-refractivity contribution in [2.24, 2.45) is 17.8 Å². The number of allylic oxidation sites excluding steroid dienone is 1. The SMILES string of the molecule is CC(C)C1=CCC(C)(O)C2CCC(C)(O)C2C1. The summed E-state index contributed by atoms with van der Waals surface area (Å²) in [5, 5.41) is 21.1. The van der Waals surface area contributed by atoms with Crippen LogP contribution in [-0.2, 0) is 0 Å². The van der Waals surface area contributed by atoms with E-state index in [0.29, 0.717) is 5.92 Å². The second-order valence-electron chi connectivity index (χ2n) is 6.81. The molecule has 1 fully saturated rings. The smallest absolute Gasteiger partial charge is 0.0686 e. The van der Waals surface area contributed by atoms with Crippen molar-refractivity contribution in [2.75, 3.05) is 0 Å². The molecule has 0 spiro atoms. The van der Waals surface area contributed by atoms with E-state index >= 15 is 0 Å². The zero-order valence-electron chi connectivity index (χ0n) is 11.5. The number of rotatable bonds is 1. The largest absolute Gasteiger partial charge is 0.390 e. The Balaban J connectivity index is 2.32. The molecular formula is C15H26O2. The van der Waals surface area contributed by atoms with Gasteiger partial charge in [0.15, 0.2) is 0 Å². The van der Waals surface area contributed by atoms with Gasteiger partial charge in [-0.15, -0.1) is 0 Å². The Labute approximate surface area is 105 Å². The van der Waals surface area contributed by atoms with Crippen molar-refractivity contribution in [1.29, 1.82) is 0 Å². The van der Waals surface area contributed by atoms with Crippen LogP contribution in [-0.4, -0.2) is 21.4 Å². The molecule has 0 radical (unpaired) electrons. The maximum Gasteiger partial charge on any atom is 0.0686 e. The lowest BCUT2D eigenvalue weighted by Gasteiger charge is -2.35. The first kappa shape index (κ1) is 13.1. The average molecular weight is 238 g/mol. The van der Waals surface area contributed by atoms with Gasteiger partial charge in [0.2, 0.25) is 0 Å². The first-order chi connectivity index (χ1) is 7.74. The molecule has 0 aromatic heterocycles. The van der Waals surface area contributed by atoms with Gasteiger partial charge >= 0.3 is 0 Å². The standard InChI is InChI=1S/C15H26O2/c1-10(2)11-5-7-14(3,16)12-6-8-15(4,17)13(12)9-11/h5,10,12-13,16-17H,6-9H2,1-4H3. The highest BCUT2D eigenvalue weighted by atomic mass is 16.3. The van der Waals surface area contributed by atoms with Gasteiger partial charge in [0, 0.05) is 0 Å². The highest BCUT2D eigenvalue weighted by molar-refractivity contribution is 5.16. The van der Waals surface area contributed by atoms with Crippen LogP contribution in [0.2, 0.25) is 0 Å². The number of hydrogen-bond acceptors (Lipinski definition) is 2. The van der Waals surface area contributed by atoms with Crippen LogP contribution in [0.3, 0.4) is 0 Å². The monoisotopic (exact) mass is 238 g/mol. The lowest BCUT2D eigenvalue weighted by molar-refractivity contribution is -0.0514. The second kappa shape index (κ2) is 4.10. The fraction of sp³-hybridized carbons (Fsp3) is 0.867. The molecule has 0 aromatic rings. The number of hydrogen-bond donors (Lipinski definition) is 2. The Bertz CT molecular complexity index is 326. The van der Waals surface area contributed by atoms with Gasteiger partial charge in [0.25, 0.3) is 0 Å². The minimum absolute atomic E-state index is 0.216. The third kappa shape index (κ3) is 2.30. The van der Waals surface area contributed by atoms with Crippen LogP contribution in [0.1, 0.15) is 53.4 Å². The zero-order valence-corrected chi connectivity index (χ0v) is 11.5. The maximum absolute atomic E-state index is 10.6. The van der Waals surface area contributed by atoms with Crippen LogP contribution in [0, 0.1) is 17.8 Å². The number of fused-ring (bicyclic) bond motifs is 1. The van der Waals surface area contributed by atoms with Gasteiger partial charge in [-0.3, -0.25) is 0 Å². The predicted molar refractivity (Wildman–Crippen MR) is 69.6 cm³/mol. The Morgan fingerprint density at radius 3 is 2.41 bits per heavy atom. The van der Waals surface area contributed by atoms with Gasteiger partial charge in [-0.05, 0) is 57.3 Å². The minimum Gasteiger partial charge on any atom is -0.390 e. The van der Waals surface area contributed by atoms with Crippen molar-refractivity contribution in [3.63, 3.8) is 0 Å². The van der Waals surface area contributed by atoms with E-state index in [1.165, 1.54) is 5.57 Å².